The lowest BCUT2D eigenvalue weighted by atomic mass is 9.79. The first-order valence-electron chi connectivity index (χ1n) is 6.64. The van der Waals surface area contributed by atoms with Gasteiger partial charge in [-0.2, -0.15) is 0 Å². The van der Waals surface area contributed by atoms with Gasteiger partial charge in [0.1, 0.15) is 10.0 Å². The molecule has 1 aliphatic carbocycles. The molecule has 1 heterocycles. The number of aromatic nitrogens is 2. The maximum atomic E-state index is 4.47. The number of nitrogens with one attached hydrogen (secondary N) is 1. The van der Waals surface area contributed by atoms with Crippen LogP contribution in [-0.4, -0.2) is 17.2 Å². The Hall–Kier alpha value is -0.480. The van der Waals surface area contributed by atoms with E-state index in [1.165, 1.54) is 37.1 Å². The molecule has 96 valence electrons. The van der Waals surface area contributed by atoms with Gasteiger partial charge in [0, 0.05) is 12.0 Å². The molecule has 1 N–H and O–H groups in total. The van der Waals surface area contributed by atoms with Gasteiger partial charge in [0.2, 0.25) is 0 Å². The quantitative estimate of drug-likeness (QED) is 0.876. The van der Waals surface area contributed by atoms with Crippen molar-refractivity contribution >= 4 is 11.3 Å². The third-order valence-corrected chi connectivity index (χ3v) is 4.78. The van der Waals surface area contributed by atoms with Crippen molar-refractivity contribution in [3.05, 3.63) is 10.0 Å². The van der Waals surface area contributed by atoms with Gasteiger partial charge >= 0.3 is 0 Å². The summed E-state index contributed by atoms with van der Waals surface area (Å²) in [6.45, 7) is 5.47. The largest absolute Gasteiger partial charge is 0.313 e. The number of hydrogen-bond acceptors (Lipinski definition) is 4. The predicted molar refractivity (Wildman–Crippen MR) is 72.3 cm³/mol. The molecule has 0 aliphatic heterocycles. The van der Waals surface area contributed by atoms with Gasteiger partial charge in [0.05, 0.1) is 0 Å². The van der Waals surface area contributed by atoms with Crippen molar-refractivity contribution in [2.45, 2.75) is 57.9 Å². The molecule has 0 saturated heterocycles. The van der Waals surface area contributed by atoms with Crippen molar-refractivity contribution in [1.29, 1.82) is 0 Å². The zero-order valence-corrected chi connectivity index (χ0v) is 11.9. The average molecular weight is 253 g/mol. The van der Waals surface area contributed by atoms with Crippen LogP contribution in [0.3, 0.4) is 0 Å². The van der Waals surface area contributed by atoms with Crippen LogP contribution in [0.25, 0.3) is 0 Å². The molecule has 1 aromatic heterocycles. The number of nitrogens with zero attached hydrogens (tertiary/aromatic N) is 2. The zero-order valence-electron chi connectivity index (χ0n) is 11.1. The van der Waals surface area contributed by atoms with Crippen LogP contribution in [0, 0.1) is 5.92 Å². The third kappa shape index (κ3) is 2.86. The van der Waals surface area contributed by atoms with E-state index >= 15 is 0 Å². The summed E-state index contributed by atoms with van der Waals surface area (Å²) >= 11 is 1.81. The van der Waals surface area contributed by atoms with Crippen LogP contribution in [0.4, 0.5) is 0 Å². The molecule has 1 fully saturated rings. The maximum absolute atomic E-state index is 4.47. The van der Waals surface area contributed by atoms with Gasteiger partial charge < -0.3 is 5.32 Å². The summed E-state index contributed by atoms with van der Waals surface area (Å²) in [5.41, 5.74) is 0.345. The Morgan fingerprint density at radius 1 is 1.29 bits per heavy atom. The van der Waals surface area contributed by atoms with Crippen LogP contribution < -0.4 is 5.32 Å². The Kier molecular flexibility index (Phi) is 4.15. The highest BCUT2D eigenvalue weighted by Crippen LogP contribution is 2.46. The standard InChI is InChI=1S/C13H23N3S/c1-10(2)8-13(6-4-5-7-13)12-16-15-11(17-12)9-14-3/h10,14H,4-9H2,1-3H3. The highest BCUT2D eigenvalue weighted by Gasteiger charge is 2.39. The van der Waals surface area contributed by atoms with E-state index in [1.807, 2.05) is 18.4 Å². The second kappa shape index (κ2) is 5.44. The van der Waals surface area contributed by atoms with Crippen molar-refractivity contribution in [3.63, 3.8) is 0 Å². The van der Waals surface area contributed by atoms with Crippen LogP contribution in [-0.2, 0) is 12.0 Å². The molecule has 0 bridgehead atoms. The molecule has 0 amide bonds. The number of rotatable bonds is 5. The minimum atomic E-state index is 0.345. The highest BCUT2D eigenvalue weighted by molar-refractivity contribution is 7.11. The summed E-state index contributed by atoms with van der Waals surface area (Å²) < 4.78 is 0. The van der Waals surface area contributed by atoms with Gasteiger partial charge in [0.25, 0.3) is 0 Å². The number of hydrogen-bond donors (Lipinski definition) is 1. The summed E-state index contributed by atoms with van der Waals surface area (Å²) in [6, 6.07) is 0. The van der Waals surface area contributed by atoms with E-state index in [0.717, 1.165) is 17.5 Å². The zero-order chi connectivity index (χ0) is 12.3. The first kappa shape index (κ1) is 13.0. The highest BCUT2D eigenvalue weighted by atomic mass is 32.1. The average Bonchev–Trinajstić information content (AvgIpc) is 2.87. The lowest BCUT2D eigenvalue weighted by Crippen LogP contribution is -2.24. The smallest absolute Gasteiger partial charge is 0.131 e. The van der Waals surface area contributed by atoms with Crippen LogP contribution in [0.5, 0.6) is 0 Å². The molecule has 17 heavy (non-hydrogen) atoms. The SMILES string of the molecule is CNCc1nnc(C2(CC(C)C)CCCC2)s1. The van der Waals surface area contributed by atoms with E-state index in [9.17, 15) is 0 Å². The van der Waals surface area contributed by atoms with Crippen molar-refractivity contribution in [2.75, 3.05) is 7.05 Å². The summed E-state index contributed by atoms with van der Waals surface area (Å²) in [7, 11) is 1.96. The van der Waals surface area contributed by atoms with E-state index in [0.29, 0.717) is 5.41 Å². The Labute approximate surface area is 108 Å². The Bertz CT molecular complexity index is 353. The fraction of sp³-hybridized carbons (Fsp3) is 0.846. The van der Waals surface area contributed by atoms with Gasteiger partial charge in [-0.25, -0.2) is 0 Å². The lowest BCUT2D eigenvalue weighted by molar-refractivity contribution is 0.343. The Morgan fingerprint density at radius 3 is 2.59 bits per heavy atom. The van der Waals surface area contributed by atoms with Gasteiger partial charge in [-0.1, -0.05) is 38.0 Å². The van der Waals surface area contributed by atoms with Crippen molar-refractivity contribution < 1.29 is 0 Å². The Morgan fingerprint density at radius 2 is 2.00 bits per heavy atom. The van der Waals surface area contributed by atoms with Gasteiger partial charge in [0.15, 0.2) is 0 Å². The lowest BCUT2D eigenvalue weighted by Gasteiger charge is -2.27. The van der Waals surface area contributed by atoms with Gasteiger partial charge in [-0.3, -0.25) is 0 Å². The second-order valence-corrected chi connectivity index (χ2v) is 6.68. The fourth-order valence-corrected chi connectivity index (χ4v) is 4.14. The van der Waals surface area contributed by atoms with Crippen LogP contribution >= 0.6 is 11.3 Å². The van der Waals surface area contributed by atoms with E-state index in [2.05, 4.69) is 29.4 Å². The molecule has 0 unspecified atom stereocenters. The van der Waals surface area contributed by atoms with Gasteiger partial charge in [-0.15, -0.1) is 10.2 Å². The molecule has 0 aromatic carbocycles. The molecule has 3 nitrogen and oxygen atoms in total. The van der Waals surface area contributed by atoms with Crippen molar-refractivity contribution in [1.82, 2.24) is 15.5 Å². The van der Waals surface area contributed by atoms with Gasteiger partial charge in [-0.05, 0) is 32.2 Å². The molecule has 2 rings (SSSR count). The summed E-state index contributed by atoms with van der Waals surface area (Å²) in [6.07, 6.45) is 6.58. The summed E-state index contributed by atoms with van der Waals surface area (Å²) in [5, 5.41) is 14.3. The third-order valence-electron chi connectivity index (χ3n) is 3.61. The minimum absolute atomic E-state index is 0.345. The topological polar surface area (TPSA) is 37.8 Å². The summed E-state index contributed by atoms with van der Waals surface area (Å²) in [5.74, 6) is 0.741. The summed E-state index contributed by atoms with van der Waals surface area (Å²) in [4.78, 5) is 0. The molecule has 0 atom stereocenters. The monoisotopic (exact) mass is 253 g/mol. The van der Waals surface area contributed by atoms with E-state index in [4.69, 9.17) is 0 Å². The van der Waals surface area contributed by atoms with E-state index < -0.39 is 0 Å². The first-order chi connectivity index (χ1) is 8.16. The maximum Gasteiger partial charge on any atom is 0.131 e. The molecule has 1 aromatic rings. The van der Waals surface area contributed by atoms with Crippen LogP contribution in [0.15, 0.2) is 0 Å². The molecule has 0 spiro atoms. The molecular formula is C13H23N3S. The molecule has 4 heteroatoms. The molecule has 0 radical (unpaired) electrons. The fourth-order valence-electron chi connectivity index (χ4n) is 3.03. The predicted octanol–water partition coefficient (Wildman–Crippen LogP) is 3.12. The van der Waals surface area contributed by atoms with Crippen LogP contribution in [0.2, 0.25) is 0 Å². The Balaban J connectivity index is 2.19. The molecule has 1 saturated carbocycles. The van der Waals surface area contributed by atoms with Crippen molar-refractivity contribution in [3.8, 4) is 0 Å². The minimum Gasteiger partial charge on any atom is -0.313 e. The van der Waals surface area contributed by atoms with E-state index in [1.54, 1.807) is 0 Å². The van der Waals surface area contributed by atoms with Crippen LogP contribution in [0.1, 0.15) is 56.0 Å². The molecule has 1 aliphatic rings. The normalized spacial score (nSPS) is 19.1. The first-order valence-corrected chi connectivity index (χ1v) is 7.45. The van der Waals surface area contributed by atoms with E-state index in [-0.39, 0.29) is 0 Å². The van der Waals surface area contributed by atoms with Crippen molar-refractivity contribution in [2.24, 2.45) is 5.92 Å². The second-order valence-electron chi connectivity index (χ2n) is 5.62. The molecular weight excluding hydrogens is 230 g/mol.